The highest BCUT2D eigenvalue weighted by Gasteiger charge is 2.03. The summed E-state index contributed by atoms with van der Waals surface area (Å²) in [4.78, 5) is 21.7. The number of nitriles is 1. The Balaban J connectivity index is 1.91. The van der Waals surface area contributed by atoms with Crippen LogP contribution in [0.2, 0.25) is 0 Å². The molecule has 0 saturated carbocycles. The molecule has 0 fully saturated rings. The summed E-state index contributed by atoms with van der Waals surface area (Å²) in [6, 6.07) is 14.6. The van der Waals surface area contributed by atoms with Crippen molar-refractivity contribution >= 4 is 17.7 Å². The highest BCUT2D eigenvalue weighted by Crippen LogP contribution is 2.13. The molecule has 23 heavy (non-hydrogen) atoms. The number of nitro benzene ring substituents is 1. The van der Waals surface area contributed by atoms with Crippen LogP contribution >= 0.6 is 0 Å². The van der Waals surface area contributed by atoms with Crippen molar-refractivity contribution < 1.29 is 14.5 Å². The largest absolute Gasteiger partial charge is 0.458 e. The van der Waals surface area contributed by atoms with Crippen LogP contribution in [0.25, 0.3) is 6.08 Å². The molecular weight excluding hydrogens is 296 g/mol. The summed E-state index contributed by atoms with van der Waals surface area (Å²) in [6.07, 6.45) is 2.76. The highest BCUT2D eigenvalue weighted by molar-refractivity contribution is 5.87. The van der Waals surface area contributed by atoms with Crippen LogP contribution in [0, 0.1) is 21.4 Å². The van der Waals surface area contributed by atoms with Crippen molar-refractivity contribution in [2.24, 2.45) is 0 Å². The van der Waals surface area contributed by atoms with E-state index < -0.39 is 10.9 Å². The Bertz CT molecular complexity index is 789. The predicted molar refractivity (Wildman–Crippen MR) is 83.1 cm³/mol. The number of ether oxygens (including phenoxy) is 1. The van der Waals surface area contributed by atoms with E-state index in [0.29, 0.717) is 11.1 Å². The number of rotatable bonds is 5. The molecule has 0 amide bonds. The van der Waals surface area contributed by atoms with Crippen molar-refractivity contribution in [2.75, 3.05) is 0 Å². The number of hydrogen-bond donors (Lipinski definition) is 0. The van der Waals surface area contributed by atoms with Gasteiger partial charge in [-0.1, -0.05) is 12.1 Å². The lowest BCUT2D eigenvalue weighted by Crippen LogP contribution is -2.00. The monoisotopic (exact) mass is 308 g/mol. The summed E-state index contributed by atoms with van der Waals surface area (Å²) in [5.74, 6) is -0.536. The maximum absolute atomic E-state index is 11.6. The summed E-state index contributed by atoms with van der Waals surface area (Å²) in [5, 5.41) is 19.3. The van der Waals surface area contributed by atoms with E-state index >= 15 is 0 Å². The van der Waals surface area contributed by atoms with Gasteiger partial charge in [-0.15, -0.1) is 0 Å². The van der Waals surface area contributed by atoms with E-state index in [9.17, 15) is 14.9 Å². The number of nitrogens with zero attached hydrogens (tertiary/aromatic N) is 2. The second-order valence-corrected chi connectivity index (χ2v) is 4.60. The van der Waals surface area contributed by atoms with Gasteiger partial charge in [-0.3, -0.25) is 10.1 Å². The van der Waals surface area contributed by atoms with Gasteiger partial charge < -0.3 is 4.74 Å². The highest BCUT2D eigenvalue weighted by atomic mass is 16.6. The average Bonchev–Trinajstić information content (AvgIpc) is 2.58. The molecule has 114 valence electrons. The molecule has 0 aliphatic rings. The molecule has 0 unspecified atom stereocenters. The topological polar surface area (TPSA) is 93.2 Å². The zero-order chi connectivity index (χ0) is 16.7. The van der Waals surface area contributed by atoms with Crippen molar-refractivity contribution in [1.29, 1.82) is 5.26 Å². The number of carbonyl (C=O) groups excluding carboxylic acids is 1. The van der Waals surface area contributed by atoms with Crippen molar-refractivity contribution in [3.05, 3.63) is 81.4 Å². The molecule has 0 aromatic heterocycles. The third kappa shape index (κ3) is 4.79. The minimum Gasteiger partial charge on any atom is -0.458 e. The van der Waals surface area contributed by atoms with E-state index in [0.717, 1.165) is 5.56 Å². The maximum Gasteiger partial charge on any atom is 0.331 e. The summed E-state index contributed by atoms with van der Waals surface area (Å²) >= 11 is 0. The Hall–Kier alpha value is -3.46. The van der Waals surface area contributed by atoms with Crippen molar-refractivity contribution in [1.82, 2.24) is 0 Å². The van der Waals surface area contributed by atoms with E-state index in [1.54, 1.807) is 24.3 Å². The molecule has 0 radical (unpaired) electrons. The van der Waals surface area contributed by atoms with Gasteiger partial charge in [-0.05, 0) is 41.5 Å². The molecule has 6 nitrogen and oxygen atoms in total. The standard InChI is InChI=1S/C17H12N2O4/c18-11-14-2-1-3-15(10-14)12-23-17(20)9-6-13-4-7-16(8-5-13)19(21)22/h1-10H,12H2/b9-6+. The van der Waals surface area contributed by atoms with E-state index in [4.69, 9.17) is 10.00 Å². The third-order valence-electron chi connectivity index (χ3n) is 2.95. The first-order valence-electron chi connectivity index (χ1n) is 6.67. The van der Waals surface area contributed by atoms with Crippen molar-refractivity contribution in [3.8, 4) is 6.07 Å². The quantitative estimate of drug-likeness (QED) is 0.366. The predicted octanol–water partition coefficient (Wildman–Crippen LogP) is 3.22. The third-order valence-corrected chi connectivity index (χ3v) is 2.95. The van der Waals surface area contributed by atoms with Gasteiger partial charge in [0.15, 0.2) is 0 Å². The van der Waals surface area contributed by atoms with Crippen molar-refractivity contribution in [3.63, 3.8) is 0 Å². The molecular formula is C17H12N2O4. The fourth-order valence-electron chi connectivity index (χ4n) is 1.80. The van der Waals surface area contributed by atoms with Crippen LogP contribution in [0.3, 0.4) is 0 Å². The van der Waals surface area contributed by atoms with E-state index in [-0.39, 0.29) is 12.3 Å². The number of non-ortho nitro benzene ring substituents is 1. The van der Waals surface area contributed by atoms with Gasteiger partial charge in [0, 0.05) is 18.2 Å². The smallest absolute Gasteiger partial charge is 0.331 e. The van der Waals surface area contributed by atoms with Crippen LogP contribution in [0.15, 0.2) is 54.6 Å². The molecule has 0 spiro atoms. The summed E-state index contributed by atoms with van der Waals surface area (Å²) in [6.45, 7) is 0.0684. The zero-order valence-corrected chi connectivity index (χ0v) is 12.0. The second kappa shape index (κ2) is 7.52. The Morgan fingerprint density at radius 2 is 2.00 bits per heavy atom. The van der Waals surface area contributed by atoms with Crippen LogP contribution in [0.1, 0.15) is 16.7 Å². The number of esters is 1. The van der Waals surface area contributed by atoms with Crippen LogP contribution in [0.4, 0.5) is 5.69 Å². The molecule has 0 saturated heterocycles. The number of carbonyl (C=O) groups is 1. The number of nitro groups is 1. The maximum atomic E-state index is 11.6. The molecule has 6 heteroatoms. The average molecular weight is 308 g/mol. The molecule has 0 heterocycles. The molecule has 0 bridgehead atoms. The van der Waals surface area contributed by atoms with Crippen LogP contribution in [0.5, 0.6) is 0 Å². The molecule has 2 rings (SSSR count). The first kappa shape index (κ1) is 15.9. The zero-order valence-electron chi connectivity index (χ0n) is 12.0. The second-order valence-electron chi connectivity index (χ2n) is 4.60. The Morgan fingerprint density at radius 1 is 1.26 bits per heavy atom. The van der Waals surface area contributed by atoms with Crippen LogP contribution in [-0.4, -0.2) is 10.9 Å². The van der Waals surface area contributed by atoms with E-state index in [2.05, 4.69) is 0 Å². The molecule has 0 N–H and O–H groups in total. The molecule has 2 aromatic rings. The minimum atomic E-state index is -0.536. The number of benzene rings is 2. The fourth-order valence-corrected chi connectivity index (χ4v) is 1.80. The van der Waals surface area contributed by atoms with Crippen molar-refractivity contribution in [2.45, 2.75) is 6.61 Å². The SMILES string of the molecule is N#Cc1cccc(COC(=O)/C=C/c2ccc([N+](=O)[O-])cc2)c1. The molecule has 0 atom stereocenters. The Kier molecular flexibility index (Phi) is 5.21. The lowest BCUT2D eigenvalue weighted by molar-refractivity contribution is -0.384. The lowest BCUT2D eigenvalue weighted by atomic mass is 10.1. The fraction of sp³-hybridized carbons (Fsp3) is 0.0588. The van der Waals surface area contributed by atoms with Gasteiger partial charge >= 0.3 is 5.97 Å². The van der Waals surface area contributed by atoms with Crippen LogP contribution in [-0.2, 0) is 16.1 Å². The van der Waals surface area contributed by atoms with Crippen LogP contribution < -0.4 is 0 Å². The van der Waals surface area contributed by atoms with E-state index in [1.165, 1.54) is 36.4 Å². The van der Waals surface area contributed by atoms with Gasteiger partial charge in [-0.25, -0.2) is 4.79 Å². The van der Waals surface area contributed by atoms with Gasteiger partial charge in [0.05, 0.1) is 16.6 Å². The van der Waals surface area contributed by atoms with Gasteiger partial charge in [0.2, 0.25) is 0 Å². The van der Waals surface area contributed by atoms with Gasteiger partial charge in [0.1, 0.15) is 6.61 Å². The Labute approximate surface area is 132 Å². The van der Waals surface area contributed by atoms with Gasteiger partial charge in [-0.2, -0.15) is 5.26 Å². The number of hydrogen-bond acceptors (Lipinski definition) is 5. The normalized spacial score (nSPS) is 10.2. The first-order chi connectivity index (χ1) is 11.1. The minimum absolute atomic E-state index is 0.0119. The molecule has 2 aromatic carbocycles. The summed E-state index contributed by atoms with van der Waals surface area (Å²) in [5.41, 5.74) is 1.86. The molecule has 0 aliphatic carbocycles. The Morgan fingerprint density at radius 3 is 2.65 bits per heavy atom. The molecule has 0 aliphatic heterocycles. The van der Waals surface area contributed by atoms with Gasteiger partial charge in [0.25, 0.3) is 5.69 Å². The summed E-state index contributed by atoms with van der Waals surface area (Å²) < 4.78 is 5.07. The first-order valence-corrected chi connectivity index (χ1v) is 6.67. The lowest BCUT2D eigenvalue weighted by Gasteiger charge is -2.02. The van der Waals surface area contributed by atoms with E-state index in [1.807, 2.05) is 6.07 Å². The summed E-state index contributed by atoms with van der Waals surface area (Å²) in [7, 11) is 0.